The number of aliphatic hydroxyl groups is 1. The van der Waals surface area contributed by atoms with Gasteiger partial charge in [0.15, 0.2) is 0 Å². The Balaban J connectivity index is 3.16. The van der Waals surface area contributed by atoms with Crippen molar-refractivity contribution in [3.8, 4) is 5.75 Å². The van der Waals surface area contributed by atoms with E-state index >= 15 is 0 Å². The summed E-state index contributed by atoms with van der Waals surface area (Å²) in [7, 11) is 1.60. The zero-order chi connectivity index (χ0) is 10.7. The van der Waals surface area contributed by atoms with Gasteiger partial charge in [-0.15, -0.1) is 0 Å². The molecule has 0 spiro atoms. The number of aliphatic hydroxyl groups excluding tert-OH is 1. The third-order valence-electron chi connectivity index (χ3n) is 2.09. The van der Waals surface area contributed by atoms with Crippen LogP contribution in [-0.2, 0) is 0 Å². The van der Waals surface area contributed by atoms with E-state index in [2.05, 4.69) is 15.9 Å². The van der Waals surface area contributed by atoms with Gasteiger partial charge in [0.1, 0.15) is 5.75 Å². The summed E-state index contributed by atoms with van der Waals surface area (Å²) in [6, 6.07) is 3.42. The molecule has 1 aromatic carbocycles. The minimum atomic E-state index is -0.351. The van der Waals surface area contributed by atoms with Gasteiger partial charge in [-0.25, -0.2) is 0 Å². The standard InChI is InChI=1S/C10H14BrNO2/c1-6-3-7(8(12)5-13)4-9(14-2)10(6)11/h3-4,8,13H,5,12H2,1-2H3. The van der Waals surface area contributed by atoms with Gasteiger partial charge in [0.05, 0.1) is 24.2 Å². The third-order valence-corrected chi connectivity index (χ3v) is 3.10. The molecule has 0 heterocycles. The zero-order valence-electron chi connectivity index (χ0n) is 8.25. The average Bonchev–Trinajstić information content (AvgIpc) is 2.20. The highest BCUT2D eigenvalue weighted by Crippen LogP contribution is 2.31. The third kappa shape index (κ3) is 2.26. The van der Waals surface area contributed by atoms with E-state index in [-0.39, 0.29) is 12.6 Å². The van der Waals surface area contributed by atoms with E-state index in [0.29, 0.717) is 0 Å². The van der Waals surface area contributed by atoms with E-state index in [1.54, 1.807) is 7.11 Å². The monoisotopic (exact) mass is 259 g/mol. The molecular formula is C10H14BrNO2. The summed E-state index contributed by atoms with van der Waals surface area (Å²) in [5.74, 6) is 0.740. The summed E-state index contributed by atoms with van der Waals surface area (Å²) in [4.78, 5) is 0. The van der Waals surface area contributed by atoms with E-state index in [9.17, 15) is 0 Å². The molecule has 1 rings (SSSR count). The van der Waals surface area contributed by atoms with E-state index < -0.39 is 0 Å². The van der Waals surface area contributed by atoms with Gasteiger partial charge in [-0.05, 0) is 40.0 Å². The number of halogens is 1. The Morgan fingerprint density at radius 1 is 1.57 bits per heavy atom. The molecule has 78 valence electrons. The molecule has 0 aliphatic rings. The van der Waals surface area contributed by atoms with Crippen LogP contribution in [0.15, 0.2) is 16.6 Å². The van der Waals surface area contributed by atoms with Crippen molar-refractivity contribution in [1.82, 2.24) is 0 Å². The van der Waals surface area contributed by atoms with Crippen LogP contribution in [0.1, 0.15) is 17.2 Å². The van der Waals surface area contributed by atoms with Crippen LogP contribution in [0.3, 0.4) is 0 Å². The molecule has 0 saturated heterocycles. The number of rotatable bonds is 3. The lowest BCUT2D eigenvalue weighted by atomic mass is 10.1. The Bertz CT molecular complexity index is 328. The normalized spacial score (nSPS) is 12.6. The van der Waals surface area contributed by atoms with Crippen molar-refractivity contribution in [2.75, 3.05) is 13.7 Å². The number of hydrogen-bond donors (Lipinski definition) is 2. The van der Waals surface area contributed by atoms with Crippen LogP contribution < -0.4 is 10.5 Å². The molecule has 14 heavy (non-hydrogen) atoms. The van der Waals surface area contributed by atoms with E-state index in [4.69, 9.17) is 15.6 Å². The van der Waals surface area contributed by atoms with Crippen LogP contribution in [0.5, 0.6) is 5.75 Å². The number of methoxy groups -OCH3 is 1. The zero-order valence-corrected chi connectivity index (χ0v) is 9.84. The van der Waals surface area contributed by atoms with Crippen LogP contribution in [0.4, 0.5) is 0 Å². The second kappa shape index (κ2) is 4.77. The summed E-state index contributed by atoms with van der Waals surface area (Å²) in [5, 5.41) is 8.93. The van der Waals surface area contributed by atoms with Crippen LogP contribution in [0.25, 0.3) is 0 Å². The van der Waals surface area contributed by atoms with Gasteiger partial charge in [-0.1, -0.05) is 6.07 Å². The molecule has 0 aliphatic heterocycles. The molecule has 1 atom stereocenters. The van der Waals surface area contributed by atoms with Crippen molar-refractivity contribution < 1.29 is 9.84 Å². The van der Waals surface area contributed by atoms with Crippen molar-refractivity contribution in [2.45, 2.75) is 13.0 Å². The second-order valence-electron chi connectivity index (χ2n) is 3.14. The summed E-state index contributed by atoms with van der Waals surface area (Å²) >= 11 is 3.42. The summed E-state index contributed by atoms with van der Waals surface area (Å²) in [6.45, 7) is 1.89. The highest BCUT2D eigenvalue weighted by molar-refractivity contribution is 9.10. The lowest BCUT2D eigenvalue weighted by molar-refractivity contribution is 0.267. The first-order chi connectivity index (χ1) is 6.60. The molecule has 0 radical (unpaired) electrons. The number of ether oxygens (including phenoxy) is 1. The molecule has 4 heteroatoms. The Morgan fingerprint density at radius 2 is 2.21 bits per heavy atom. The van der Waals surface area contributed by atoms with Gasteiger partial charge in [-0.3, -0.25) is 0 Å². The minimum Gasteiger partial charge on any atom is -0.496 e. The van der Waals surface area contributed by atoms with Crippen LogP contribution in [0, 0.1) is 6.92 Å². The van der Waals surface area contributed by atoms with Gasteiger partial charge in [0.2, 0.25) is 0 Å². The Kier molecular flexibility index (Phi) is 3.92. The first-order valence-corrected chi connectivity index (χ1v) is 5.10. The molecule has 0 fully saturated rings. The molecule has 0 amide bonds. The van der Waals surface area contributed by atoms with Crippen LogP contribution >= 0.6 is 15.9 Å². The van der Waals surface area contributed by atoms with Crippen molar-refractivity contribution in [3.05, 3.63) is 27.7 Å². The summed E-state index contributed by atoms with van der Waals surface area (Å²) < 4.78 is 6.10. The van der Waals surface area contributed by atoms with E-state index in [0.717, 1.165) is 21.3 Å². The predicted octanol–water partition coefficient (Wildman–Crippen LogP) is 1.76. The van der Waals surface area contributed by atoms with E-state index in [1.165, 1.54) is 0 Å². The van der Waals surface area contributed by atoms with Crippen molar-refractivity contribution >= 4 is 15.9 Å². The highest BCUT2D eigenvalue weighted by Gasteiger charge is 2.10. The molecule has 0 aromatic heterocycles. The minimum absolute atomic E-state index is 0.0653. The Hall–Kier alpha value is -0.580. The lowest BCUT2D eigenvalue weighted by Crippen LogP contribution is -2.14. The first kappa shape index (κ1) is 11.5. The van der Waals surface area contributed by atoms with Crippen molar-refractivity contribution in [2.24, 2.45) is 5.73 Å². The molecule has 0 bridgehead atoms. The van der Waals surface area contributed by atoms with Gasteiger partial charge in [0.25, 0.3) is 0 Å². The molecule has 1 aromatic rings. The SMILES string of the molecule is COc1cc(C(N)CO)cc(C)c1Br. The van der Waals surface area contributed by atoms with Crippen LogP contribution in [0.2, 0.25) is 0 Å². The summed E-state index contributed by atoms with van der Waals surface area (Å²) in [5.41, 5.74) is 7.64. The number of aryl methyl sites for hydroxylation is 1. The topological polar surface area (TPSA) is 55.5 Å². The number of hydrogen-bond acceptors (Lipinski definition) is 3. The van der Waals surface area contributed by atoms with Crippen molar-refractivity contribution in [1.29, 1.82) is 0 Å². The second-order valence-corrected chi connectivity index (χ2v) is 3.94. The average molecular weight is 260 g/mol. The maximum Gasteiger partial charge on any atom is 0.133 e. The highest BCUT2D eigenvalue weighted by atomic mass is 79.9. The Morgan fingerprint density at radius 3 is 2.71 bits per heavy atom. The fourth-order valence-electron chi connectivity index (χ4n) is 1.23. The van der Waals surface area contributed by atoms with Gasteiger partial charge >= 0.3 is 0 Å². The molecule has 3 N–H and O–H groups in total. The predicted molar refractivity (Wildman–Crippen MR) is 59.4 cm³/mol. The molecule has 1 unspecified atom stereocenters. The number of benzene rings is 1. The Labute approximate surface area is 92.0 Å². The van der Waals surface area contributed by atoms with Crippen molar-refractivity contribution in [3.63, 3.8) is 0 Å². The molecule has 0 aliphatic carbocycles. The summed E-state index contributed by atoms with van der Waals surface area (Å²) in [6.07, 6.45) is 0. The quantitative estimate of drug-likeness (QED) is 0.870. The maximum absolute atomic E-state index is 8.93. The molecule has 0 saturated carbocycles. The fourth-order valence-corrected chi connectivity index (χ4v) is 1.62. The largest absolute Gasteiger partial charge is 0.496 e. The molecular weight excluding hydrogens is 246 g/mol. The van der Waals surface area contributed by atoms with Gasteiger partial charge < -0.3 is 15.6 Å². The van der Waals surface area contributed by atoms with Crippen LogP contribution in [-0.4, -0.2) is 18.8 Å². The lowest BCUT2D eigenvalue weighted by Gasteiger charge is -2.13. The van der Waals surface area contributed by atoms with Gasteiger partial charge in [-0.2, -0.15) is 0 Å². The maximum atomic E-state index is 8.93. The van der Waals surface area contributed by atoms with E-state index in [1.807, 2.05) is 19.1 Å². The van der Waals surface area contributed by atoms with Gasteiger partial charge in [0, 0.05) is 0 Å². The molecule has 3 nitrogen and oxygen atoms in total. The smallest absolute Gasteiger partial charge is 0.133 e. The fraction of sp³-hybridized carbons (Fsp3) is 0.400. The number of nitrogens with two attached hydrogens (primary N) is 1. The first-order valence-electron chi connectivity index (χ1n) is 4.30.